The SMILES string of the molecule is CS(=O)(=O)N1CC2(CCN(C(=O)c3cccnc3)CC2)[C@]2(CCNC2=O)C1. The summed E-state index contributed by atoms with van der Waals surface area (Å²) < 4.78 is 25.8. The van der Waals surface area contributed by atoms with Crippen LogP contribution in [0.2, 0.25) is 0 Å². The van der Waals surface area contributed by atoms with Gasteiger partial charge in [-0.25, -0.2) is 12.7 Å². The van der Waals surface area contributed by atoms with Crippen molar-refractivity contribution < 1.29 is 18.0 Å². The molecule has 0 radical (unpaired) electrons. The predicted molar refractivity (Wildman–Crippen MR) is 98.3 cm³/mol. The number of aromatic nitrogens is 1. The van der Waals surface area contributed by atoms with Crippen LogP contribution in [0.25, 0.3) is 0 Å². The lowest BCUT2D eigenvalue weighted by Gasteiger charge is -2.46. The van der Waals surface area contributed by atoms with Gasteiger partial charge in [-0.05, 0) is 31.4 Å². The Labute approximate surface area is 159 Å². The van der Waals surface area contributed by atoms with Crippen molar-refractivity contribution in [2.75, 3.05) is 39.0 Å². The Morgan fingerprint density at radius 1 is 1.22 bits per heavy atom. The van der Waals surface area contributed by atoms with Crippen molar-refractivity contribution in [3.05, 3.63) is 30.1 Å². The average molecular weight is 392 g/mol. The second-order valence-corrected chi connectivity index (χ2v) is 9.92. The Balaban J connectivity index is 1.58. The van der Waals surface area contributed by atoms with Crippen LogP contribution in [0, 0.1) is 10.8 Å². The lowest BCUT2D eigenvalue weighted by atomic mass is 9.60. The first kappa shape index (κ1) is 18.4. The molecule has 8 nitrogen and oxygen atoms in total. The van der Waals surface area contributed by atoms with Crippen LogP contribution in [-0.4, -0.2) is 73.4 Å². The Morgan fingerprint density at radius 3 is 2.52 bits per heavy atom. The van der Waals surface area contributed by atoms with E-state index < -0.39 is 20.9 Å². The van der Waals surface area contributed by atoms with Gasteiger partial charge in [0.2, 0.25) is 15.9 Å². The molecule has 1 aromatic heterocycles. The molecule has 0 aromatic carbocycles. The molecule has 27 heavy (non-hydrogen) atoms. The van der Waals surface area contributed by atoms with Gasteiger partial charge in [0.05, 0.1) is 17.2 Å². The molecule has 1 N–H and O–H groups in total. The molecule has 4 heterocycles. The van der Waals surface area contributed by atoms with Gasteiger partial charge in [-0.2, -0.15) is 0 Å². The summed E-state index contributed by atoms with van der Waals surface area (Å²) in [5, 5.41) is 2.91. The number of amides is 2. The van der Waals surface area contributed by atoms with Crippen molar-refractivity contribution in [3.8, 4) is 0 Å². The van der Waals surface area contributed by atoms with Crippen molar-refractivity contribution in [3.63, 3.8) is 0 Å². The summed E-state index contributed by atoms with van der Waals surface area (Å²) in [4.78, 5) is 31.3. The third kappa shape index (κ3) is 2.84. The minimum atomic E-state index is -3.37. The summed E-state index contributed by atoms with van der Waals surface area (Å²) in [5.41, 5.74) is -0.548. The number of nitrogens with zero attached hydrogens (tertiary/aromatic N) is 3. The number of hydrogen-bond acceptors (Lipinski definition) is 5. The first-order valence-electron chi connectivity index (χ1n) is 9.20. The molecule has 1 aromatic rings. The van der Waals surface area contributed by atoms with E-state index in [0.29, 0.717) is 51.0 Å². The molecule has 1 atom stereocenters. The van der Waals surface area contributed by atoms with Gasteiger partial charge < -0.3 is 10.2 Å². The van der Waals surface area contributed by atoms with Gasteiger partial charge in [0.1, 0.15) is 0 Å². The number of likely N-dealkylation sites (tertiary alicyclic amines) is 1. The summed E-state index contributed by atoms with van der Waals surface area (Å²) in [6, 6.07) is 3.48. The zero-order valence-electron chi connectivity index (χ0n) is 15.3. The summed E-state index contributed by atoms with van der Waals surface area (Å²) >= 11 is 0. The first-order valence-corrected chi connectivity index (χ1v) is 11.1. The van der Waals surface area contributed by atoms with E-state index in [4.69, 9.17) is 0 Å². The van der Waals surface area contributed by atoms with Crippen LogP contribution in [0.3, 0.4) is 0 Å². The maximum atomic E-state index is 12.8. The van der Waals surface area contributed by atoms with Gasteiger partial charge >= 0.3 is 0 Å². The van der Waals surface area contributed by atoms with Crippen molar-refractivity contribution in [2.45, 2.75) is 19.3 Å². The molecule has 3 aliphatic rings. The third-order valence-corrected chi connectivity index (χ3v) is 7.79. The van der Waals surface area contributed by atoms with Gasteiger partial charge in [-0.1, -0.05) is 0 Å². The predicted octanol–water partition coefficient (Wildman–Crippen LogP) is 0.0855. The number of sulfonamides is 1. The van der Waals surface area contributed by atoms with E-state index in [1.165, 1.54) is 10.6 Å². The van der Waals surface area contributed by atoms with Crippen molar-refractivity contribution in [2.24, 2.45) is 10.8 Å². The number of nitrogens with one attached hydrogen (secondary N) is 1. The fourth-order valence-corrected chi connectivity index (χ4v) is 5.96. The van der Waals surface area contributed by atoms with Gasteiger partial charge in [-0.15, -0.1) is 0 Å². The van der Waals surface area contributed by atoms with Crippen molar-refractivity contribution >= 4 is 21.8 Å². The number of hydrogen-bond donors (Lipinski definition) is 1. The number of carbonyl (C=O) groups is 2. The molecule has 2 amide bonds. The largest absolute Gasteiger partial charge is 0.356 e. The summed E-state index contributed by atoms with van der Waals surface area (Å²) in [7, 11) is -3.37. The van der Waals surface area contributed by atoms with Crippen LogP contribution in [0.5, 0.6) is 0 Å². The average Bonchev–Trinajstić information content (AvgIpc) is 3.18. The molecule has 3 fully saturated rings. The molecule has 2 spiro atoms. The quantitative estimate of drug-likeness (QED) is 0.769. The molecule has 146 valence electrons. The highest BCUT2D eigenvalue weighted by Crippen LogP contribution is 2.56. The minimum absolute atomic E-state index is 0.0410. The van der Waals surface area contributed by atoms with Crippen molar-refractivity contribution in [1.29, 1.82) is 0 Å². The monoisotopic (exact) mass is 392 g/mol. The lowest BCUT2D eigenvalue weighted by Crippen LogP contribution is -2.53. The van der Waals surface area contributed by atoms with Gasteiger partial charge in [0.25, 0.3) is 5.91 Å². The molecular formula is C18H24N4O4S. The molecule has 0 unspecified atom stereocenters. The highest BCUT2D eigenvalue weighted by Gasteiger charge is 2.65. The minimum Gasteiger partial charge on any atom is -0.356 e. The van der Waals surface area contributed by atoms with E-state index in [1.807, 2.05) is 0 Å². The number of fused-ring (bicyclic) bond motifs is 1. The fourth-order valence-electron chi connectivity index (χ4n) is 5.02. The first-order chi connectivity index (χ1) is 12.8. The molecule has 0 aliphatic carbocycles. The smallest absolute Gasteiger partial charge is 0.255 e. The van der Waals surface area contributed by atoms with Crippen LogP contribution in [0.1, 0.15) is 29.6 Å². The van der Waals surface area contributed by atoms with E-state index in [1.54, 1.807) is 29.4 Å². The second-order valence-electron chi connectivity index (χ2n) is 7.93. The van der Waals surface area contributed by atoms with Gasteiger partial charge in [-0.3, -0.25) is 14.6 Å². The number of rotatable bonds is 2. The zero-order chi connectivity index (χ0) is 19.3. The van der Waals surface area contributed by atoms with E-state index in [9.17, 15) is 18.0 Å². The summed E-state index contributed by atoms with van der Waals surface area (Å²) in [6.45, 7) is 2.21. The van der Waals surface area contributed by atoms with E-state index in [-0.39, 0.29) is 18.4 Å². The lowest BCUT2D eigenvalue weighted by molar-refractivity contribution is -0.133. The van der Waals surface area contributed by atoms with Gasteiger partial charge in [0, 0.05) is 50.5 Å². The van der Waals surface area contributed by atoms with E-state index >= 15 is 0 Å². The number of piperidine rings is 1. The third-order valence-electron chi connectivity index (χ3n) is 6.60. The molecule has 3 aliphatic heterocycles. The van der Waals surface area contributed by atoms with E-state index in [2.05, 4.69) is 10.3 Å². The maximum absolute atomic E-state index is 12.8. The maximum Gasteiger partial charge on any atom is 0.255 e. The normalized spacial score (nSPS) is 28.0. The van der Waals surface area contributed by atoms with Crippen LogP contribution >= 0.6 is 0 Å². The van der Waals surface area contributed by atoms with Crippen LogP contribution in [0.4, 0.5) is 0 Å². The Bertz CT molecular complexity index is 865. The molecule has 0 bridgehead atoms. The van der Waals surface area contributed by atoms with Crippen LogP contribution in [-0.2, 0) is 14.8 Å². The van der Waals surface area contributed by atoms with Gasteiger partial charge in [0.15, 0.2) is 0 Å². The Morgan fingerprint density at radius 2 is 1.96 bits per heavy atom. The molecule has 0 saturated carbocycles. The molecular weight excluding hydrogens is 368 g/mol. The second kappa shape index (κ2) is 6.27. The highest BCUT2D eigenvalue weighted by molar-refractivity contribution is 7.88. The molecule has 3 saturated heterocycles. The Kier molecular flexibility index (Phi) is 4.27. The van der Waals surface area contributed by atoms with Crippen LogP contribution < -0.4 is 5.32 Å². The molecule has 4 rings (SSSR count). The fraction of sp³-hybridized carbons (Fsp3) is 0.611. The Hall–Kier alpha value is -2.00. The molecule has 9 heteroatoms. The summed E-state index contributed by atoms with van der Waals surface area (Å²) in [6.07, 6.45) is 6.28. The highest BCUT2D eigenvalue weighted by atomic mass is 32.2. The summed E-state index contributed by atoms with van der Waals surface area (Å²) in [5.74, 6) is -0.110. The number of carbonyl (C=O) groups excluding carboxylic acids is 2. The standard InChI is InChI=1S/C18H24N4O4S/c1-27(25,26)22-12-17(18(13-22)4-8-20-16(18)24)5-9-21(10-6-17)15(23)14-3-2-7-19-11-14/h2-3,7,11H,4-6,8-10,12-13H2,1H3,(H,20,24)/t18-/m1/s1. The number of pyridine rings is 1. The zero-order valence-corrected chi connectivity index (χ0v) is 16.2. The van der Waals surface area contributed by atoms with Crippen molar-refractivity contribution in [1.82, 2.24) is 19.5 Å². The van der Waals surface area contributed by atoms with Crippen LogP contribution in [0.15, 0.2) is 24.5 Å². The van der Waals surface area contributed by atoms with E-state index in [0.717, 1.165) is 0 Å². The topological polar surface area (TPSA) is 99.7 Å².